The van der Waals surface area contributed by atoms with Crippen LogP contribution in [-0.2, 0) is 0 Å². The highest BCUT2D eigenvalue weighted by molar-refractivity contribution is 6.57. The maximum Gasteiger partial charge on any atom is 0.510 e. The van der Waals surface area contributed by atoms with Gasteiger partial charge in [0.2, 0.25) is 0 Å². The first-order chi connectivity index (χ1) is 8.58. The first kappa shape index (κ1) is 16.6. The Morgan fingerprint density at radius 3 is 2.17 bits per heavy atom. The van der Waals surface area contributed by atoms with Crippen LogP contribution in [0.3, 0.4) is 0 Å². The monoisotopic (exact) mass is 251 g/mol. The van der Waals surface area contributed by atoms with E-state index in [2.05, 4.69) is 10.1 Å². The molecule has 5 nitrogen and oxygen atoms in total. The quantitative estimate of drug-likeness (QED) is 0.744. The number of aromatic nitrogens is 3. The highest BCUT2D eigenvalue weighted by Gasteiger charge is 2.15. The zero-order valence-electron chi connectivity index (χ0n) is 12.0. The van der Waals surface area contributed by atoms with Gasteiger partial charge in [0.1, 0.15) is 0 Å². The van der Waals surface area contributed by atoms with Crippen LogP contribution >= 0.6 is 0 Å². The zero-order valence-corrected chi connectivity index (χ0v) is 12.0. The first-order valence-corrected chi connectivity index (χ1v) is 6.27. The van der Waals surface area contributed by atoms with Gasteiger partial charge >= 0.3 is 7.12 Å². The average molecular weight is 251 g/mol. The van der Waals surface area contributed by atoms with Crippen LogP contribution in [0, 0.1) is 13.8 Å². The fraction of sp³-hybridized carbons (Fsp3) is 0.500. The molecule has 0 aliphatic carbocycles. The number of rotatable bonds is 1. The molecule has 0 spiro atoms. The summed E-state index contributed by atoms with van der Waals surface area (Å²) in [5, 5.41) is 22.0. The number of imidazole rings is 1. The minimum atomic E-state index is -1.54. The molecule has 0 saturated heterocycles. The van der Waals surface area contributed by atoms with Crippen LogP contribution < -0.4 is 5.59 Å². The molecule has 2 aromatic rings. The molecule has 0 atom stereocenters. The van der Waals surface area contributed by atoms with Gasteiger partial charge < -0.3 is 10.0 Å². The molecule has 0 aliphatic heterocycles. The third kappa shape index (κ3) is 3.82. The predicted octanol–water partition coefficient (Wildman–Crippen LogP) is 1.08. The maximum atomic E-state index is 8.97. The van der Waals surface area contributed by atoms with Gasteiger partial charge in [-0.1, -0.05) is 27.7 Å². The van der Waals surface area contributed by atoms with Crippen LogP contribution in [0.25, 0.3) is 5.65 Å². The lowest BCUT2D eigenvalue weighted by atomic mass is 9.85. The molecule has 0 bridgehead atoms. The Hall–Kier alpha value is -1.40. The summed E-state index contributed by atoms with van der Waals surface area (Å²) in [6, 6.07) is 1.62. The third-order valence-corrected chi connectivity index (χ3v) is 2.01. The van der Waals surface area contributed by atoms with Crippen molar-refractivity contribution in [1.82, 2.24) is 14.6 Å². The van der Waals surface area contributed by atoms with Crippen molar-refractivity contribution in [3.05, 3.63) is 23.5 Å². The number of hydrogen-bond acceptors (Lipinski definition) is 4. The summed E-state index contributed by atoms with van der Waals surface area (Å²) in [6.45, 7) is 11.7. The summed E-state index contributed by atoms with van der Waals surface area (Å²) in [5.41, 5.74) is 2.70. The lowest BCUT2D eigenvalue weighted by Gasteiger charge is -2.01. The van der Waals surface area contributed by atoms with Crippen LogP contribution in [-0.4, -0.2) is 31.8 Å². The molecule has 6 heteroatoms. The van der Waals surface area contributed by atoms with Gasteiger partial charge in [-0.15, -0.1) is 0 Å². The number of nitrogens with zero attached hydrogens (tertiary/aromatic N) is 3. The van der Waals surface area contributed by atoms with Crippen molar-refractivity contribution in [3.63, 3.8) is 0 Å². The zero-order chi connectivity index (χ0) is 14.3. The van der Waals surface area contributed by atoms with Crippen molar-refractivity contribution in [2.45, 2.75) is 41.5 Å². The van der Waals surface area contributed by atoms with Crippen LogP contribution in [0.2, 0.25) is 0 Å². The lowest BCUT2D eigenvalue weighted by molar-refractivity contribution is 0.423. The molecule has 2 N–H and O–H groups in total. The Kier molecular flexibility index (Phi) is 7.23. The second-order valence-corrected chi connectivity index (χ2v) is 3.28. The Bertz CT molecular complexity index is 483. The second-order valence-electron chi connectivity index (χ2n) is 3.28. The van der Waals surface area contributed by atoms with Crippen molar-refractivity contribution < 1.29 is 10.0 Å². The summed E-state index contributed by atoms with van der Waals surface area (Å²) >= 11 is 0. The molecular weight excluding hydrogens is 229 g/mol. The van der Waals surface area contributed by atoms with Gasteiger partial charge in [-0.05, 0) is 25.5 Å². The molecule has 2 rings (SSSR count). The van der Waals surface area contributed by atoms with Crippen LogP contribution in [0.15, 0.2) is 12.3 Å². The van der Waals surface area contributed by atoms with E-state index in [-0.39, 0.29) is 5.59 Å². The molecule has 100 valence electrons. The SMILES string of the molecule is CC.CC.Cc1cn2nc(B(O)O)cc(C)c2n1. The standard InChI is InChI=1S/C8H10BN3O2.2C2H6/c1-5-3-7(9(13)14)11-12-4-6(2)10-8(5)12;2*1-2/h3-4,13-14H,1-2H3;2*1-2H3. The third-order valence-electron chi connectivity index (χ3n) is 2.01. The summed E-state index contributed by atoms with van der Waals surface area (Å²) < 4.78 is 1.56. The minimum Gasteiger partial charge on any atom is -0.422 e. The topological polar surface area (TPSA) is 70.7 Å². The molecule has 0 amide bonds. The molecule has 2 heterocycles. The van der Waals surface area contributed by atoms with Gasteiger partial charge in [0.05, 0.1) is 17.5 Å². The van der Waals surface area contributed by atoms with Gasteiger partial charge in [0.25, 0.3) is 0 Å². The van der Waals surface area contributed by atoms with E-state index < -0.39 is 7.12 Å². The predicted molar refractivity (Wildman–Crippen MR) is 75.0 cm³/mol. The molecule has 0 unspecified atom stereocenters. The van der Waals surface area contributed by atoms with E-state index in [0.29, 0.717) is 0 Å². The van der Waals surface area contributed by atoms with E-state index >= 15 is 0 Å². The van der Waals surface area contributed by atoms with E-state index in [9.17, 15) is 0 Å². The number of hydrogen-bond donors (Lipinski definition) is 2. The van der Waals surface area contributed by atoms with Crippen molar-refractivity contribution in [2.75, 3.05) is 0 Å². The van der Waals surface area contributed by atoms with Gasteiger partial charge in [-0.3, -0.25) is 0 Å². The van der Waals surface area contributed by atoms with Crippen molar-refractivity contribution >= 4 is 18.4 Å². The van der Waals surface area contributed by atoms with Crippen molar-refractivity contribution in [2.24, 2.45) is 0 Å². The van der Waals surface area contributed by atoms with Crippen LogP contribution in [0.4, 0.5) is 0 Å². The average Bonchev–Trinajstić information content (AvgIpc) is 2.75. The second kappa shape index (κ2) is 7.84. The molecule has 0 aliphatic rings. The van der Waals surface area contributed by atoms with E-state index in [1.165, 1.54) is 0 Å². The number of aryl methyl sites for hydroxylation is 2. The molecule has 0 saturated carbocycles. The van der Waals surface area contributed by atoms with E-state index in [1.807, 2.05) is 41.5 Å². The van der Waals surface area contributed by atoms with E-state index in [4.69, 9.17) is 10.0 Å². The first-order valence-electron chi connectivity index (χ1n) is 6.27. The van der Waals surface area contributed by atoms with E-state index in [1.54, 1.807) is 16.8 Å². The Balaban J connectivity index is 0.000000659. The molecular formula is C12H22BN3O2. The Labute approximate surface area is 109 Å². The Morgan fingerprint density at radius 2 is 1.67 bits per heavy atom. The summed E-state index contributed by atoms with van der Waals surface area (Å²) in [6.07, 6.45) is 1.74. The molecule has 2 aromatic heterocycles. The largest absolute Gasteiger partial charge is 0.510 e. The molecule has 0 aromatic carbocycles. The smallest absolute Gasteiger partial charge is 0.422 e. The normalized spacial score (nSPS) is 9.11. The van der Waals surface area contributed by atoms with Crippen molar-refractivity contribution in [3.8, 4) is 0 Å². The molecule has 0 radical (unpaired) electrons. The maximum absolute atomic E-state index is 8.97. The van der Waals surface area contributed by atoms with Gasteiger partial charge in [0, 0.05) is 0 Å². The summed E-state index contributed by atoms with van der Waals surface area (Å²) in [5.74, 6) is 0. The highest BCUT2D eigenvalue weighted by atomic mass is 16.4. The van der Waals surface area contributed by atoms with Gasteiger partial charge in [-0.25, -0.2) is 9.50 Å². The van der Waals surface area contributed by atoms with Crippen LogP contribution in [0.5, 0.6) is 0 Å². The fourth-order valence-electron chi connectivity index (χ4n) is 1.40. The minimum absolute atomic E-state index is 0.229. The highest BCUT2D eigenvalue weighted by Crippen LogP contribution is 2.06. The van der Waals surface area contributed by atoms with Crippen molar-refractivity contribution in [1.29, 1.82) is 0 Å². The summed E-state index contributed by atoms with van der Waals surface area (Å²) in [4.78, 5) is 4.25. The summed E-state index contributed by atoms with van der Waals surface area (Å²) in [7, 11) is -1.54. The van der Waals surface area contributed by atoms with E-state index in [0.717, 1.165) is 16.9 Å². The molecule has 18 heavy (non-hydrogen) atoms. The Morgan fingerprint density at radius 1 is 1.11 bits per heavy atom. The lowest BCUT2D eigenvalue weighted by Crippen LogP contribution is -2.34. The number of fused-ring (bicyclic) bond motifs is 1. The van der Waals surface area contributed by atoms with Crippen LogP contribution in [0.1, 0.15) is 39.0 Å². The van der Waals surface area contributed by atoms with Gasteiger partial charge in [-0.2, -0.15) is 5.10 Å². The molecule has 0 fully saturated rings. The fourth-order valence-corrected chi connectivity index (χ4v) is 1.40. The van der Waals surface area contributed by atoms with Gasteiger partial charge in [0.15, 0.2) is 5.65 Å².